The van der Waals surface area contributed by atoms with Crippen molar-refractivity contribution in [2.24, 2.45) is 0 Å². The minimum Gasteiger partial charge on any atom is -0.344 e. The number of Topliss-reactive ketones (excluding diaryl/α,β-unsaturated/α-hetero) is 1. The zero-order valence-electron chi connectivity index (χ0n) is 17.0. The third-order valence-corrected chi connectivity index (χ3v) is 7.82. The first-order valence-corrected chi connectivity index (χ1v) is 11.9. The molecule has 156 valence electrons. The quantitative estimate of drug-likeness (QED) is 0.679. The Balaban J connectivity index is 1.40. The van der Waals surface area contributed by atoms with Crippen LogP contribution >= 0.6 is 0 Å². The summed E-state index contributed by atoms with van der Waals surface area (Å²) in [5.41, 5.74) is 2.59. The lowest BCUT2D eigenvalue weighted by Crippen LogP contribution is -3.15. The summed E-state index contributed by atoms with van der Waals surface area (Å²) in [7, 11) is -2.96. The molecule has 2 aromatic heterocycles. The Labute approximate surface area is 171 Å². The first-order chi connectivity index (χ1) is 13.8. The smallest absolute Gasteiger partial charge is 0.225 e. The van der Waals surface area contributed by atoms with Gasteiger partial charge in [-0.1, -0.05) is 0 Å². The van der Waals surface area contributed by atoms with Crippen LogP contribution in [0.25, 0.3) is 0 Å². The van der Waals surface area contributed by atoms with Gasteiger partial charge in [0, 0.05) is 35.4 Å². The molecule has 0 aliphatic carbocycles. The van der Waals surface area contributed by atoms with E-state index in [0.717, 1.165) is 49.1 Å². The van der Waals surface area contributed by atoms with Gasteiger partial charge in [-0.05, 0) is 32.4 Å². The van der Waals surface area contributed by atoms with E-state index in [0.29, 0.717) is 13.0 Å². The first kappa shape index (κ1) is 20.0. The van der Waals surface area contributed by atoms with Crippen molar-refractivity contribution in [2.75, 3.05) is 49.1 Å². The molecule has 2 aromatic rings. The SMILES string of the molecule is Cc1cc(C(=O)C[NH+]2CCN(c3ncccn3)CC2)c(C)n1[C@H]1CCS(=O)(=O)C1. The Kier molecular flexibility index (Phi) is 5.44. The zero-order chi connectivity index (χ0) is 20.6. The van der Waals surface area contributed by atoms with Crippen molar-refractivity contribution in [1.29, 1.82) is 0 Å². The van der Waals surface area contributed by atoms with Gasteiger partial charge in [0.05, 0.1) is 37.7 Å². The molecule has 2 saturated heterocycles. The van der Waals surface area contributed by atoms with E-state index in [1.807, 2.05) is 19.9 Å². The van der Waals surface area contributed by atoms with Gasteiger partial charge < -0.3 is 14.4 Å². The maximum Gasteiger partial charge on any atom is 0.225 e. The van der Waals surface area contributed by atoms with E-state index in [9.17, 15) is 13.2 Å². The van der Waals surface area contributed by atoms with Crippen LogP contribution in [-0.2, 0) is 9.84 Å². The van der Waals surface area contributed by atoms with Crippen molar-refractivity contribution in [1.82, 2.24) is 14.5 Å². The number of hydrogen-bond donors (Lipinski definition) is 1. The van der Waals surface area contributed by atoms with Crippen LogP contribution in [-0.4, -0.2) is 73.0 Å². The number of ketones is 1. The van der Waals surface area contributed by atoms with Crippen molar-refractivity contribution in [3.63, 3.8) is 0 Å². The summed E-state index contributed by atoms with van der Waals surface area (Å²) in [4.78, 5) is 25.0. The van der Waals surface area contributed by atoms with Gasteiger partial charge in [-0.3, -0.25) is 4.79 Å². The van der Waals surface area contributed by atoms with Gasteiger partial charge in [-0.2, -0.15) is 0 Å². The summed E-state index contributed by atoms with van der Waals surface area (Å²) in [6, 6.07) is 3.68. The number of carbonyl (C=O) groups excluding carboxylic acids is 1. The maximum atomic E-state index is 13.0. The average molecular weight is 419 g/mol. The van der Waals surface area contributed by atoms with Crippen LogP contribution in [0.1, 0.15) is 34.2 Å². The maximum absolute atomic E-state index is 13.0. The number of quaternary nitrogens is 1. The monoisotopic (exact) mass is 418 g/mol. The second kappa shape index (κ2) is 7.87. The second-order valence-electron chi connectivity index (χ2n) is 8.10. The molecule has 0 spiro atoms. The van der Waals surface area contributed by atoms with Crippen molar-refractivity contribution in [2.45, 2.75) is 26.3 Å². The van der Waals surface area contributed by atoms with Gasteiger partial charge in [-0.15, -0.1) is 0 Å². The lowest BCUT2D eigenvalue weighted by Gasteiger charge is -2.31. The molecule has 0 radical (unpaired) electrons. The molecule has 8 nitrogen and oxygen atoms in total. The molecule has 2 aliphatic heterocycles. The molecule has 0 bridgehead atoms. The number of carbonyl (C=O) groups is 1. The molecule has 0 saturated carbocycles. The highest BCUT2D eigenvalue weighted by Gasteiger charge is 2.32. The molecule has 29 heavy (non-hydrogen) atoms. The summed E-state index contributed by atoms with van der Waals surface area (Å²) in [6.07, 6.45) is 4.12. The van der Waals surface area contributed by atoms with E-state index < -0.39 is 9.84 Å². The first-order valence-electron chi connectivity index (χ1n) is 10.1. The predicted molar refractivity (Wildman–Crippen MR) is 110 cm³/mol. The summed E-state index contributed by atoms with van der Waals surface area (Å²) in [6.45, 7) is 7.73. The summed E-state index contributed by atoms with van der Waals surface area (Å²) < 4.78 is 25.8. The average Bonchev–Trinajstić information content (AvgIpc) is 3.21. The Hall–Kier alpha value is -2.26. The summed E-state index contributed by atoms with van der Waals surface area (Å²) in [5.74, 6) is 1.28. The Morgan fingerprint density at radius 1 is 1.21 bits per heavy atom. The van der Waals surface area contributed by atoms with Gasteiger partial charge in [0.25, 0.3) is 0 Å². The molecule has 4 rings (SSSR count). The van der Waals surface area contributed by atoms with E-state index in [2.05, 4.69) is 19.4 Å². The third kappa shape index (κ3) is 4.20. The van der Waals surface area contributed by atoms with Crippen LogP contribution in [0.3, 0.4) is 0 Å². The number of aromatic nitrogens is 3. The van der Waals surface area contributed by atoms with Gasteiger partial charge in [0.2, 0.25) is 11.7 Å². The number of sulfone groups is 1. The van der Waals surface area contributed by atoms with Crippen LogP contribution in [0.5, 0.6) is 0 Å². The number of nitrogens with one attached hydrogen (secondary N) is 1. The lowest BCUT2D eigenvalue weighted by molar-refractivity contribution is -0.892. The number of hydrogen-bond acceptors (Lipinski definition) is 6. The van der Waals surface area contributed by atoms with E-state index in [-0.39, 0.29) is 23.3 Å². The topological polar surface area (TPSA) is 89.6 Å². The van der Waals surface area contributed by atoms with Crippen LogP contribution in [0.15, 0.2) is 24.5 Å². The largest absolute Gasteiger partial charge is 0.344 e. The van der Waals surface area contributed by atoms with Crippen molar-refractivity contribution < 1.29 is 18.1 Å². The van der Waals surface area contributed by atoms with Gasteiger partial charge >= 0.3 is 0 Å². The molecule has 0 unspecified atom stereocenters. The molecular weight excluding hydrogens is 390 g/mol. The number of rotatable bonds is 5. The number of anilines is 1. The standard InChI is InChI=1S/C20H27N5O3S/c1-15-12-18(16(2)25(15)17-4-11-29(27,28)14-17)19(26)13-23-7-9-24(10-8-23)20-21-5-3-6-22-20/h3,5-6,12,17H,4,7-11,13-14H2,1-2H3/p+1/t17-/m0/s1. The molecular formula is C20H28N5O3S+. The highest BCUT2D eigenvalue weighted by Crippen LogP contribution is 2.29. The minimum absolute atomic E-state index is 0.0525. The van der Waals surface area contributed by atoms with Crippen LogP contribution in [0.4, 0.5) is 5.95 Å². The third-order valence-electron chi connectivity index (χ3n) is 6.07. The number of nitrogens with zero attached hydrogens (tertiary/aromatic N) is 4. The molecule has 1 atom stereocenters. The molecule has 0 amide bonds. The van der Waals surface area contributed by atoms with Gasteiger partial charge in [-0.25, -0.2) is 18.4 Å². The highest BCUT2D eigenvalue weighted by atomic mass is 32.2. The predicted octanol–water partition coefficient (Wildman–Crippen LogP) is -0.158. The van der Waals surface area contributed by atoms with E-state index >= 15 is 0 Å². The Bertz CT molecular complexity index is 995. The van der Waals surface area contributed by atoms with Gasteiger partial charge in [0.1, 0.15) is 6.54 Å². The molecule has 2 fully saturated rings. The van der Waals surface area contributed by atoms with Crippen LogP contribution in [0.2, 0.25) is 0 Å². The lowest BCUT2D eigenvalue weighted by atomic mass is 10.1. The normalized spacial score (nSPS) is 22.1. The second-order valence-corrected chi connectivity index (χ2v) is 10.3. The summed E-state index contributed by atoms with van der Waals surface area (Å²) in [5, 5.41) is 0. The van der Waals surface area contributed by atoms with E-state index in [1.54, 1.807) is 18.5 Å². The highest BCUT2D eigenvalue weighted by molar-refractivity contribution is 7.91. The fourth-order valence-corrected chi connectivity index (χ4v) is 6.28. The Morgan fingerprint density at radius 2 is 1.90 bits per heavy atom. The molecule has 1 N–H and O–H groups in total. The van der Waals surface area contributed by atoms with Gasteiger partial charge in [0.15, 0.2) is 9.84 Å². The Morgan fingerprint density at radius 3 is 2.52 bits per heavy atom. The molecule has 0 aromatic carbocycles. The zero-order valence-corrected chi connectivity index (χ0v) is 17.8. The van der Waals surface area contributed by atoms with Crippen LogP contribution in [0, 0.1) is 13.8 Å². The van der Waals surface area contributed by atoms with Crippen molar-refractivity contribution in [3.05, 3.63) is 41.5 Å². The fourth-order valence-electron chi connectivity index (χ4n) is 4.58. The number of piperazine rings is 1. The fraction of sp³-hybridized carbons (Fsp3) is 0.550. The van der Waals surface area contributed by atoms with Crippen molar-refractivity contribution in [3.8, 4) is 0 Å². The van der Waals surface area contributed by atoms with E-state index in [1.165, 1.54) is 4.90 Å². The molecule has 2 aliphatic rings. The summed E-state index contributed by atoms with van der Waals surface area (Å²) >= 11 is 0. The van der Waals surface area contributed by atoms with E-state index in [4.69, 9.17) is 0 Å². The molecule has 9 heteroatoms. The minimum atomic E-state index is -2.96. The number of aryl methyl sites for hydroxylation is 1. The van der Waals surface area contributed by atoms with Crippen LogP contribution < -0.4 is 9.80 Å². The van der Waals surface area contributed by atoms with Crippen molar-refractivity contribution >= 4 is 21.6 Å². The molecule has 4 heterocycles.